The molecule has 1 N–H and O–H groups in total. The van der Waals surface area contributed by atoms with Crippen LogP contribution in [-0.4, -0.2) is 23.9 Å². The predicted molar refractivity (Wildman–Crippen MR) is 77.5 cm³/mol. The zero-order valence-electron chi connectivity index (χ0n) is 11.9. The topological polar surface area (TPSA) is 32.3 Å². The van der Waals surface area contributed by atoms with Gasteiger partial charge >= 0.3 is 0 Å². The Labute approximate surface area is 119 Å². The molecule has 1 amide bonds. The number of benzene rings is 1. The maximum atomic E-state index is 13.3. The van der Waals surface area contributed by atoms with Gasteiger partial charge in [-0.2, -0.15) is 0 Å². The first kappa shape index (κ1) is 14.6. The lowest BCUT2D eigenvalue weighted by atomic mass is 10.0. The molecule has 3 nitrogen and oxygen atoms in total. The van der Waals surface area contributed by atoms with E-state index in [1.165, 1.54) is 19.1 Å². The first-order valence-electron chi connectivity index (χ1n) is 7.01. The second kappa shape index (κ2) is 6.55. The lowest BCUT2D eigenvalue weighted by Gasteiger charge is -2.24. The summed E-state index contributed by atoms with van der Waals surface area (Å²) in [5.41, 5.74) is 1.97. The lowest BCUT2D eigenvalue weighted by Crippen LogP contribution is -2.30. The number of allylic oxidation sites excluding steroid dienone is 1. The summed E-state index contributed by atoms with van der Waals surface area (Å²) in [7, 11) is 0. The Morgan fingerprint density at radius 1 is 1.55 bits per heavy atom. The average Bonchev–Trinajstić information content (AvgIpc) is 2.80. The van der Waals surface area contributed by atoms with Crippen molar-refractivity contribution in [1.82, 2.24) is 10.2 Å². The van der Waals surface area contributed by atoms with Crippen LogP contribution >= 0.6 is 0 Å². The van der Waals surface area contributed by atoms with Crippen LogP contribution in [0.4, 0.5) is 4.39 Å². The van der Waals surface area contributed by atoms with E-state index in [9.17, 15) is 9.18 Å². The summed E-state index contributed by atoms with van der Waals surface area (Å²) >= 11 is 0. The number of amides is 1. The van der Waals surface area contributed by atoms with E-state index < -0.39 is 0 Å². The maximum absolute atomic E-state index is 13.3. The van der Waals surface area contributed by atoms with Crippen LogP contribution in [0.3, 0.4) is 0 Å². The third-order valence-corrected chi connectivity index (χ3v) is 3.66. The number of halogens is 1. The van der Waals surface area contributed by atoms with Crippen LogP contribution in [0, 0.1) is 5.82 Å². The van der Waals surface area contributed by atoms with Gasteiger partial charge in [-0.1, -0.05) is 18.7 Å². The molecule has 1 aliphatic heterocycles. The van der Waals surface area contributed by atoms with Gasteiger partial charge < -0.3 is 10.2 Å². The van der Waals surface area contributed by atoms with Crippen molar-refractivity contribution in [3.63, 3.8) is 0 Å². The number of rotatable bonds is 5. The molecule has 0 saturated carbocycles. The van der Waals surface area contributed by atoms with Gasteiger partial charge in [-0.3, -0.25) is 4.79 Å². The second-order valence-electron chi connectivity index (χ2n) is 5.25. The van der Waals surface area contributed by atoms with Gasteiger partial charge in [0.05, 0.1) is 6.04 Å². The zero-order chi connectivity index (χ0) is 14.5. The van der Waals surface area contributed by atoms with Crippen LogP contribution in [0.15, 0.2) is 36.5 Å². The number of hydrogen-bond donors (Lipinski definition) is 1. The minimum Gasteiger partial charge on any atom is -0.375 e. The Morgan fingerprint density at radius 3 is 2.95 bits per heavy atom. The average molecular weight is 276 g/mol. The highest BCUT2D eigenvalue weighted by atomic mass is 19.1. The van der Waals surface area contributed by atoms with Gasteiger partial charge in [-0.15, -0.1) is 0 Å². The number of hydrogen-bond acceptors (Lipinski definition) is 2. The molecular weight excluding hydrogens is 255 g/mol. The van der Waals surface area contributed by atoms with Crippen molar-refractivity contribution in [2.45, 2.75) is 32.2 Å². The summed E-state index contributed by atoms with van der Waals surface area (Å²) in [6.45, 7) is 7.38. The van der Waals surface area contributed by atoms with Crippen LogP contribution in [-0.2, 0) is 4.79 Å². The minimum absolute atomic E-state index is 0.0977. The molecule has 0 aromatic heterocycles. The molecule has 0 unspecified atom stereocenters. The zero-order valence-corrected chi connectivity index (χ0v) is 11.9. The lowest BCUT2D eigenvalue weighted by molar-refractivity contribution is -0.119. The van der Waals surface area contributed by atoms with Gasteiger partial charge in [0.25, 0.3) is 0 Å². The van der Waals surface area contributed by atoms with Gasteiger partial charge in [0, 0.05) is 25.7 Å². The molecule has 1 aliphatic rings. The molecule has 1 aromatic carbocycles. The van der Waals surface area contributed by atoms with Crippen LogP contribution in [0.2, 0.25) is 0 Å². The quantitative estimate of drug-likeness (QED) is 0.896. The molecule has 0 bridgehead atoms. The van der Waals surface area contributed by atoms with Crippen molar-refractivity contribution in [2.75, 3.05) is 13.1 Å². The Balaban J connectivity index is 2.03. The van der Waals surface area contributed by atoms with Gasteiger partial charge in [0.1, 0.15) is 5.82 Å². The van der Waals surface area contributed by atoms with Gasteiger partial charge in [0.15, 0.2) is 0 Å². The first-order chi connectivity index (χ1) is 9.56. The van der Waals surface area contributed by atoms with E-state index in [-0.39, 0.29) is 17.8 Å². The smallest absolute Gasteiger partial charge is 0.217 e. The van der Waals surface area contributed by atoms with E-state index >= 15 is 0 Å². The van der Waals surface area contributed by atoms with E-state index in [1.807, 2.05) is 6.07 Å². The Morgan fingerprint density at radius 2 is 2.35 bits per heavy atom. The molecule has 0 radical (unpaired) electrons. The van der Waals surface area contributed by atoms with Crippen molar-refractivity contribution in [3.05, 3.63) is 47.9 Å². The highest BCUT2D eigenvalue weighted by Crippen LogP contribution is 2.23. The molecule has 108 valence electrons. The van der Waals surface area contributed by atoms with E-state index in [0.29, 0.717) is 0 Å². The van der Waals surface area contributed by atoms with Crippen molar-refractivity contribution in [1.29, 1.82) is 0 Å². The van der Waals surface area contributed by atoms with Gasteiger partial charge in [-0.25, -0.2) is 4.39 Å². The molecule has 2 rings (SSSR count). The van der Waals surface area contributed by atoms with Crippen LogP contribution < -0.4 is 5.32 Å². The van der Waals surface area contributed by atoms with Crippen molar-refractivity contribution in [2.24, 2.45) is 0 Å². The first-order valence-corrected chi connectivity index (χ1v) is 7.01. The van der Waals surface area contributed by atoms with Crippen LogP contribution in [0.5, 0.6) is 0 Å². The van der Waals surface area contributed by atoms with Crippen molar-refractivity contribution in [3.8, 4) is 0 Å². The van der Waals surface area contributed by atoms with E-state index in [4.69, 9.17) is 0 Å². The minimum atomic E-state index is -0.275. The second-order valence-corrected chi connectivity index (χ2v) is 5.25. The van der Waals surface area contributed by atoms with Crippen molar-refractivity contribution >= 4 is 5.91 Å². The highest BCUT2D eigenvalue weighted by molar-refractivity contribution is 5.73. The standard InChI is InChI=1S/C16H21FN2O/c1-12-5-4-9-19(12)10-8-16(18-13(2)20)14-6-3-7-15(17)11-14/h3,6-7,11,16H,1,4-5,8-10H2,2H3,(H,18,20)/t16-/m0/s1. The fraction of sp³-hybridized carbons (Fsp3) is 0.438. The molecule has 0 aliphatic carbocycles. The van der Waals surface area contributed by atoms with E-state index in [1.54, 1.807) is 6.07 Å². The summed E-state index contributed by atoms with van der Waals surface area (Å²) in [5, 5.41) is 2.90. The van der Waals surface area contributed by atoms with Crippen LogP contribution in [0.25, 0.3) is 0 Å². The number of nitrogens with zero attached hydrogens (tertiary/aromatic N) is 1. The summed E-state index contributed by atoms with van der Waals surface area (Å²) in [6, 6.07) is 6.27. The number of likely N-dealkylation sites (tertiary alicyclic amines) is 1. The summed E-state index contributed by atoms with van der Waals surface area (Å²) < 4.78 is 13.3. The maximum Gasteiger partial charge on any atom is 0.217 e. The molecule has 1 aromatic rings. The summed E-state index contributed by atoms with van der Waals surface area (Å²) in [4.78, 5) is 13.6. The fourth-order valence-electron chi connectivity index (χ4n) is 2.64. The Bertz CT molecular complexity index is 501. The summed E-state index contributed by atoms with van der Waals surface area (Å²) in [6.07, 6.45) is 2.94. The molecule has 20 heavy (non-hydrogen) atoms. The number of carbonyl (C=O) groups excluding carboxylic acids is 1. The molecule has 1 fully saturated rings. The third kappa shape index (κ3) is 3.83. The SMILES string of the molecule is C=C1CCCN1CC[C@H](NC(C)=O)c1cccc(F)c1. The largest absolute Gasteiger partial charge is 0.375 e. The third-order valence-electron chi connectivity index (χ3n) is 3.66. The van der Waals surface area contributed by atoms with Crippen molar-refractivity contribution < 1.29 is 9.18 Å². The molecule has 1 atom stereocenters. The summed E-state index contributed by atoms with van der Waals surface area (Å²) in [5.74, 6) is -0.372. The number of nitrogens with one attached hydrogen (secondary N) is 1. The number of carbonyl (C=O) groups is 1. The monoisotopic (exact) mass is 276 g/mol. The predicted octanol–water partition coefficient (Wildman–Crippen LogP) is 3.00. The van der Waals surface area contributed by atoms with E-state index in [2.05, 4.69) is 16.8 Å². The fourth-order valence-corrected chi connectivity index (χ4v) is 2.64. The highest BCUT2D eigenvalue weighted by Gasteiger charge is 2.18. The molecule has 0 spiro atoms. The molecule has 1 saturated heterocycles. The van der Waals surface area contributed by atoms with E-state index in [0.717, 1.165) is 43.6 Å². The van der Waals surface area contributed by atoms with Gasteiger partial charge in [0.2, 0.25) is 5.91 Å². The van der Waals surface area contributed by atoms with Crippen LogP contribution in [0.1, 0.15) is 37.8 Å². The van der Waals surface area contributed by atoms with Gasteiger partial charge in [-0.05, 0) is 37.0 Å². The Hall–Kier alpha value is -1.84. The molecule has 4 heteroatoms. The molecule has 1 heterocycles. The Kier molecular flexibility index (Phi) is 4.77. The normalized spacial score (nSPS) is 16.3. The molecular formula is C16H21FN2O.